The predicted octanol–water partition coefficient (Wildman–Crippen LogP) is 4.47. The molecule has 0 aliphatic carbocycles. The third-order valence-electron chi connectivity index (χ3n) is 4.19. The number of halogens is 2. The summed E-state index contributed by atoms with van der Waals surface area (Å²) in [6.07, 6.45) is 0. The van der Waals surface area contributed by atoms with Crippen LogP contribution in [0.1, 0.15) is 13.8 Å². The van der Waals surface area contributed by atoms with E-state index in [1.807, 2.05) is 24.3 Å². The van der Waals surface area contributed by atoms with Crippen LogP contribution in [0.5, 0.6) is 0 Å². The highest BCUT2D eigenvalue weighted by molar-refractivity contribution is 6.86. The molecule has 4 heteroatoms. The van der Waals surface area contributed by atoms with Gasteiger partial charge in [0.2, 0.25) is 8.32 Å². The van der Waals surface area contributed by atoms with E-state index in [1.165, 1.54) is 17.3 Å². The summed E-state index contributed by atoms with van der Waals surface area (Å²) in [6.45, 7) is 4.29. The van der Waals surface area contributed by atoms with Gasteiger partial charge in [0.15, 0.2) is 0 Å². The molecule has 0 saturated carbocycles. The molecule has 0 aromatic heterocycles. The van der Waals surface area contributed by atoms with Crippen molar-refractivity contribution in [2.75, 3.05) is 7.11 Å². The van der Waals surface area contributed by atoms with Gasteiger partial charge in [-0.05, 0) is 35.0 Å². The van der Waals surface area contributed by atoms with E-state index in [2.05, 4.69) is 13.8 Å². The standard InChI is InChI=1S/C17H20F2OSi/c1-4-21(5-2,20-3)15-9-6-13(7-10-15)16-11-8-14(18)12-17(16)19/h6-12H,4-5H2,1-3H3. The van der Waals surface area contributed by atoms with Crippen LogP contribution in [0.3, 0.4) is 0 Å². The van der Waals surface area contributed by atoms with E-state index in [0.29, 0.717) is 5.56 Å². The van der Waals surface area contributed by atoms with Crippen molar-refractivity contribution in [2.45, 2.75) is 25.9 Å². The van der Waals surface area contributed by atoms with Crippen LogP contribution in [-0.4, -0.2) is 15.4 Å². The van der Waals surface area contributed by atoms with Crippen LogP contribution in [0.2, 0.25) is 12.1 Å². The minimum atomic E-state index is -1.89. The van der Waals surface area contributed by atoms with Crippen molar-refractivity contribution < 1.29 is 13.2 Å². The Hall–Kier alpha value is -1.52. The maximum atomic E-state index is 13.8. The van der Waals surface area contributed by atoms with Gasteiger partial charge in [-0.2, -0.15) is 0 Å². The molecule has 0 aliphatic rings. The molecule has 0 bridgehead atoms. The first-order chi connectivity index (χ1) is 10.1. The second-order valence-electron chi connectivity index (χ2n) is 5.11. The first-order valence-corrected chi connectivity index (χ1v) is 9.49. The summed E-state index contributed by atoms with van der Waals surface area (Å²) in [4.78, 5) is 0. The fourth-order valence-corrected chi connectivity index (χ4v) is 5.65. The van der Waals surface area contributed by atoms with E-state index in [9.17, 15) is 8.78 Å². The predicted molar refractivity (Wildman–Crippen MR) is 85.2 cm³/mol. The van der Waals surface area contributed by atoms with E-state index in [4.69, 9.17) is 4.43 Å². The molecule has 0 radical (unpaired) electrons. The molecule has 0 N–H and O–H groups in total. The summed E-state index contributed by atoms with van der Waals surface area (Å²) >= 11 is 0. The maximum Gasteiger partial charge on any atom is 0.223 e. The largest absolute Gasteiger partial charge is 0.416 e. The van der Waals surface area contributed by atoms with Gasteiger partial charge in [0, 0.05) is 18.7 Å². The van der Waals surface area contributed by atoms with Gasteiger partial charge in [-0.15, -0.1) is 0 Å². The first-order valence-electron chi connectivity index (χ1n) is 7.17. The zero-order chi connectivity index (χ0) is 15.5. The highest BCUT2D eigenvalue weighted by Crippen LogP contribution is 2.24. The van der Waals surface area contributed by atoms with Gasteiger partial charge in [0.25, 0.3) is 0 Å². The van der Waals surface area contributed by atoms with Gasteiger partial charge < -0.3 is 4.43 Å². The molecule has 0 atom stereocenters. The lowest BCUT2D eigenvalue weighted by Crippen LogP contribution is -2.48. The van der Waals surface area contributed by atoms with Gasteiger partial charge in [-0.3, -0.25) is 0 Å². The smallest absolute Gasteiger partial charge is 0.223 e. The molecule has 0 saturated heterocycles. The lowest BCUT2D eigenvalue weighted by atomic mass is 10.1. The van der Waals surface area contributed by atoms with Crippen molar-refractivity contribution in [3.8, 4) is 11.1 Å². The third kappa shape index (κ3) is 3.06. The summed E-state index contributed by atoms with van der Waals surface area (Å²) in [7, 11) is -0.123. The first kappa shape index (κ1) is 15.9. The Labute approximate surface area is 125 Å². The second-order valence-corrected chi connectivity index (χ2v) is 9.50. The van der Waals surface area contributed by atoms with Crippen LogP contribution >= 0.6 is 0 Å². The molecule has 0 heterocycles. The van der Waals surface area contributed by atoms with Crippen molar-refractivity contribution in [2.24, 2.45) is 0 Å². The lowest BCUT2D eigenvalue weighted by Gasteiger charge is -2.27. The zero-order valence-corrected chi connectivity index (χ0v) is 13.6. The van der Waals surface area contributed by atoms with Crippen LogP contribution in [0, 0.1) is 11.6 Å². The fraction of sp³-hybridized carbons (Fsp3) is 0.294. The summed E-state index contributed by atoms with van der Waals surface area (Å²) in [5.41, 5.74) is 1.17. The van der Waals surface area contributed by atoms with Gasteiger partial charge in [0.1, 0.15) is 11.6 Å². The highest BCUT2D eigenvalue weighted by atomic mass is 28.4. The Bertz CT molecular complexity index is 598. The minimum absolute atomic E-state index is 0.417. The molecule has 112 valence electrons. The minimum Gasteiger partial charge on any atom is -0.416 e. The number of benzene rings is 2. The molecule has 1 nitrogen and oxygen atoms in total. The third-order valence-corrected chi connectivity index (χ3v) is 8.64. The Balaban J connectivity index is 2.39. The Morgan fingerprint density at radius 2 is 1.57 bits per heavy atom. The second kappa shape index (κ2) is 6.50. The maximum absolute atomic E-state index is 13.8. The van der Waals surface area contributed by atoms with Gasteiger partial charge in [-0.25, -0.2) is 8.78 Å². The van der Waals surface area contributed by atoms with Crippen LogP contribution in [-0.2, 0) is 4.43 Å². The molecular formula is C17H20F2OSi. The van der Waals surface area contributed by atoms with Crippen molar-refractivity contribution in [3.05, 3.63) is 54.1 Å². The molecule has 2 aromatic carbocycles. The van der Waals surface area contributed by atoms with Gasteiger partial charge in [0.05, 0.1) is 0 Å². The van der Waals surface area contributed by atoms with Gasteiger partial charge >= 0.3 is 0 Å². The molecule has 2 aromatic rings. The Morgan fingerprint density at radius 3 is 2.05 bits per heavy atom. The average molecular weight is 306 g/mol. The van der Waals surface area contributed by atoms with Crippen molar-refractivity contribution >= 4 is 13.5 Å². The topological polar surface area (TPSA) is 9.23 Å². The van der Waals surface area contributed by atoms with Crippen LogP contribution in [0.4, 0.5) is 8.78 Å². The summed E-state index contributed by atoms with van der Waals surface area (Å²) in [5, 5.41) is 1.21. The molecule has 0 aliphatic heterocycles. The lowest BCUT2D eigenvalue weighted by molar-refractivity contribution is 0.405. The highest BCUT2D eigenvalue weighted by Gasteiger charge is 2.31. The average Bonchev–Trinajstić information content (AvgIpc) is 2.50. The normalized spacial score (nSPS) is 11.7. The summed E-state index contributed by atoms with van der Waals surface area (Å²) in [6, 6.07) is 13.5. The molecular weight excluding hydrogens is 286 g/mol. The van der Waals surface area contributed by atoms with Gasteiger partial charge in [-0.1, -0.05) is 38.1 Å². The van der Waals surface area contributed by atoms with Crippen LogP contribution in [0.15, 0.2) is 42.5 Å². The Morgan fingerprint density at radius 1 is 0.952 bits per heavy atom. The fourth-order valence-electron chi connectivity index (χ4n) is 2.74. The Kier molecular flexibility index (Phi) is 4.90. The van der Waals surface area contributed by atoms with E-state index >= 15 is 0 Å². The molecule has 0 unspecified atom stereocenters. The van der Waals surface area contributed by atoms with E-state index in [0.717, 1.165) is 23.7 Å². The van der Waals surface area contributed by atoms with Crippen molar-refractivity contribution in [3.63, 3.8) is 0 Å². The quantitative estimate of drug-likeness (QED) is 0.741. The number of hydrogen-bond donors (Lipinski definition) is 0. The molecule has 2 rings (SSSR count). The summed E-state index contributed by atoms with van der Waals surface area (Å²) in [5.74, 6) is -1.10. The monoisotopic (exact) mass is 306 g/mol. The van der Waals surface area contributed by atoms with Crippen molar-refractivity contribution in [1.29, 1.82) is 0 Å². The molecule has 0 fully saturated rings. The van der Waals surface area contributed by atoms with Crippen LogP contribution in [0.25, 0.3) is 11.1 Å². The van der Waals surface area contributed by atoms with E-state index in [-0.39, 0.29) is 0 Å². The number of rotatable bonds is 5. The molecule has 0 spiro atoms. The van der Waals surface area contributed by atoms with E-state index < -0.39 is 20.0 Å². The SMILES string of the molecule is CC[Si](CC)(OC)c1ccc(-c2ccc(F)cc2F)cc1. The number of hydrogen-bond acceptors (Lipinski definition) is 1. The van der Waals surface area contributed by atoms with E-state index in [1.54, 1.807) is 7.11 Å². The molecule has 21 heavy (non-hydrogen) atoms. The zero-order valence-electron chi connectivity index (χ0n) is 12.6. The molecule has 0 amide bonds. The van der Waals surface area contributed by atoms with Crippen molar-refractivity contribution in [1.82, 2.24) is 0 Å². The summed E-state index contributed by atoms with van der Waals surface area (Å²) < 4.78 is 32.6. The van der Waals surface area contributed by atoms with Crippen LogP contribution < -0.4 is 5.19 Å².